The number of ether oxygens (including phenoxy) is 1. The lowest BCUT2D eigenvalue weighted by atomic mass is 9.88. The van der Waals surface area contributed by atoms with Crippen LogP contribution in [-0.4, -0.2) is 25.8 Å². The van der Waals surface area contributed by atoms with E-state index < -0.39 is 0 Å². The molecule has 10 aromatic rings. The van der Waals surface area contributed by atoms with Crippen LogP contribution in [0.5, 0.6) is 11.5 Å². The van der Waals surface area contributed by atoms with E-state index in [0.29, 0.717) is 6.67 Å². The number of fused-ring (bicyclic) bond motifs is 7. The first-order valence-electron chi connectivity index (χ1n) is 21.0. The van der Waals surface area contributed by atoms with Gasteiger partial charge in [-0.05, 0) is 104 Å². The summed E-state index contributed by atoms with van der Waals surface area (Å²) in [5.74, 6) is 3.30. The molecule has 0 unspecified atom stereocenters. The summed E-state index contributed by atoms with van der Waals surface area (Å²) >= 11 is 0. The van der Waals surface area contributed by atoms with Crippen molar-refractivity contribution in [3.8, 4) is 23.0 Å². The van der Waals surface area contributed by atoms with Gasteiger partial charge in [0.2, 0.25) is 0 Å². The first-order chi connectivity index (χ1) is 29.6. The van der Waals surface area contributed by atoms with Gasteiger partial charge in [-0.15, -0.1) is 0 Å². The predicted molar refractivity (Wildman–Crippen MR) is 252 cm³/mol. The number of hydrogen-bond acceptors (Lipinski definition) is 5. The maximum absolute atomic E-state index is 7.09. The van der Waals surface area contributed by atoms with Crippen LogP contribution in [0.25, 0.3) is 55.1 Å². The molecule has 7 nitrogen and oxygen atoms in total. The Labute approximate surface area is 355 Å². The summed E-state index contributed by atoms with van der Waals surface area (Å²) in [6.07, 6.45) is 3.82. The van der Waals surface area contributed by atoms with E-state index in [4.69, 9.17) is 14.7 Å². The number of anilines is 4. The number of nitrogens with zero attached hydrogens (tertiary/aromatic N) is 6. The SMILES string of the molecule is Cc1cc(C)c(N2CN(c3cc(Oc4ccc5c6ccccc6n(-c6cc(C(C)(C)C)ccn6)c5c4)cc4c3c3ccccc3n4-c3ccccc3)c3cccnc32)c(C)c1. The minimum absolute atomic E-state index is 0.0238. The van der Waals surface area contributed by atoms with Crippen molar-refractivity contribution in [2.24, 2.45) is 0 Å². The van der Waals surface area contributed by atoms with Crippen molar-refractivity contribution in [2.45, 2.75) is 47.0 Å². The lowest BCUT2D eigenvalue weighted by molar-refractivity contribution is 0.484. The highest BCUT2D eigenvalue weighted by molar-refractivity contribution is 6.17. The molecule has 0 saturated carbocycles. The third-order valence-electron chi connectivity index (χ3n) is 12.3. The van der Waals surface area contributed by atoms with E-state index in [-0.39, 0.29) is 5.41 Å². The number of hydrogen-bond donors (Lipinski definition) is 0. The van der Waals surface area contributed by atoms with E-state index in [1.54, 1.807) is 0 Å². The van der Waals surface area contributed by atoms with Crippen molar-refractivity contribution in [3.63, 3.8) is 0 Å². The van der Waals surface area contributed by atoms with Crippen LogP contribution in [0.1, 0.15) is 43.0 Å². The van der Waals surface area contributed by atoms with Crippen LogP contribution in [0.3, 0.4) is 0 Å². The van der Waals surface area contributed by atoms with Gasteiger partial charge in [-0.1, -0.05) is 93.1 Å². The van der Waals surface area contributed by atoms with E-state index in [1.165, 1.54) is 38.7 Å². The maximum Gasteiger partial charge on any atom is 0.158 e. The number of benzene rings is 6. The van der Waals surface area contributed by atoms with Gasteiger partial charge in [0.1, 0.15) is 24.0 Å². The second kappa shape index (κ2) is 13.8. The van der Waals surface area contributed by atoms with E-state index in [0.717, 1.165) is 73.0 Å². The number of aromatic nitrogens is 4. The molecule has 4 aromatic heterocycles. The lowest BCUT2D eigenvalue weighted by Crippen LogP contribution is -2.25. The molecular formula is C54H46N6O. The summed E-state index contributed by atoms with van der Waals surface area (Å²) in [5.41, 5.74) is 13.6. The number of aryl methyl sites for hydroxylation is 3. The molecule has 1 aliphatic heterocycles. The number of rotatable bonds is 6. The Balaban J connectivity index is 1.13. The zero-order valence-electron chi connectivity index (χ0n) is 35.3. The summed E-state index contributed by atoms with van der Waals surface area (Å²) in [5, 5.41) is 4.65. The molecule has 0 radical (unpaired) electrons. The Morgan fingerprint density at radius 1 is 0.525 bits per heavy atom. The Bertz CT molecular complexity index is 3330. The fourth-order valence-electron chi connectivity index (χ4n) is 9.65. The molecule has 6 aromatic carbocycles. The van der Waals surface area contributed by atoms with E-state index in [1.807, 2.05) is 18.5 Å². The quantitative estimate of drug-likeness (QED) is 0.168. The molecule has 0 bridgehead atoms. The van der Waals surface area contributed by atoms with Gasteiger partial charge < -0.3 is 19.1 Å². The molecular weight excluding hydrogens is 749 g/mol. The van der Waals surface area contributed by atoms with Crippen LogP contribution in [0.2, 0.25) is 0 Å². The third-order valence-corrected chi connectivity index (χ3v) is 12.3. The molecule has 61 heavy (non-hydrogen) atoms. The average molecular weight is 795 g/mol. The smallest absolute Gasteiger partial charge is 0.158 e. The van der Waals surface area contributed by atoms with Crippen LogP contribution in [0.4, 0.5) is 22.9 Å². The molecule has 5 heterocycles. The maximum atomic E-state index is 7.09. The highest BCUT2D eigenvalue weighted by Gasteiger charge is 2.33. The molecule has 0 saturated heterocycles. The molecule has 0 amide bonds. The van der Waals surface area contributed by atoms with Gasteiger partial charge in [0.25, 0.3) is 0 Å². The second-order valence-corrected chi connectivity index (χ2v) is 17.4. The summed E-state index contributed by atoms with van der Waals surface area (Å²) in [4.78, 5) is 14.7. The monoisotopic (exact) mass is 794 g/mol. The molecule has 0 fully saturated rings. The summed E-state index contributed by atoms with van der Waals surface area (Å²) in [6, 6.07) is 51.8. The van der Waals surface area contributed by atoms with E-state index in [9.17, 15) is 0 Å². The van der Waals surface area contributed by atoms with Crippen LogP contribution >= 0.6 is 0 Å². The first-order valence-corrected chi connectivity index (χ1v) is 21.0. The summed E-state index contributed by atoms with van der Waals surface area (Å²) in [6.45, 7) is 13.9. The zero-order chi connectivity index (χ0) is 41.6. The van der Waals surface area contributed by atoms with Gasteiger partial charge in [-0.2, -0.15) is 0 Å². The lowest BCUT2D eigenvalue weighted by Gasteiger charge is -2.25. The van der Waals surface area contributed by atoms with Crippen molar-refractivity contribution in [1.29, 1.82) is 0 Å². The van der Waals surface area contributed by atoms with Crippen molar-refractivity contribution in [3.05, 3.63) is 180 Å². The molecule has 11 rings (SSSR count). The zero-order valence-corrected chi connectivity index (χ0v) is 35.3. The van der Waals surface area contributed by atoms with Crippen molar-refractivity contribution in [1.82, 2.24) is 19.1 Å². The van der Waals surface area contributed by atoms with Gasteiger partial charge in [0, 0.05) is 57.8 Å². The van der Waals surface area contributed by atoms with Crippen molar-refractivity contribution >= 4 is 66.5 Å². The van der Waals surface area contributed by atoms with Crippen LogP contribution in [0.15, 0.2) is 158 Å². The fourth-order valence-corrected chi connectivity index (χ4v) is 9.65. The Hall–Kier alpha value is -7.38. The van der Waals surface area contributed by atoms with Crippen LogP contribution in [-0.2, 0) is 5.41 Å². The van der Waals surface area contributed by atoms with Gasteiger partial charge in [0.05, 0.1) is 39.1 Å². The van der Waals surface area contributed by atoms with Crippen LogP contribution in [0, 0.1) is 20.8 Å². The largest absolute Gasteiger partial charge is 0.457 e. The molecule has 298 valence electrons. The highest BCUT2D eigenvalue weighted by atomic mass is 16.5. The van der Waals surface area contributed by atoms with Crippen molar-refractivity contribution in [2.75, 3.05) is 16.5 Å². The molecule has 1 aliphatic rings. The van der Waals surface area contributed by atoms with Gasteiger partial charge in [0.15, 0.2) is 5.82 Å². The number of pyridine rings is 2. The molecule has 0 N–H and O–H groups in total. The first kappa shape index (κ1) is 36.7. The minimum Gasteiger partial charge on any atom is -0.457 e. The predicted octanol–water partition coefficient (Wildman–Crippen LogP) is 13.9. The Morgan fingerprint density at radius 3 is 1.98 bits per heavy atom. The minimum atomic E-state index is -0.0238. The highest BCUT2D eigenvalue weighted by Crippen LogP contribution is 2.50. The normalized spacial score (nSPS) is 13.0. The Morgan fingerprint density at radius 2 is 1.21 bits per heavy atom. The van der Waals surface area contributed by atoms with Crippen molar-refractivity contribution < 1.29 is 4.74 Å². The summed E-state index contributed by atoms with van der Waals surface area (Å²) < 4.78 is 11.7. The third kappa shape index (κ3) is 5.94. The summed E-state index contributed by atoms with van der Waals surface area (Å²) in [7, 11) is 0. The molecule has 7 heteroatoms. The number of para-hydroxylation sites is 3. The van der Waals surface area contributed by atoms with Gasteiger partial charge >= 0.3 is 0 Å². The van der Waals surface area contributed by atoms with E-state index >= 15 is 0 Å². The fraction of sp³-hybridized carbons (Fsp3) is 0.148. The van der Waals surface area contributed by atoms with Crippen LogP contribution < -0.4 is 14.5 Å². The molecule has 0 spiro atoms. The second-order valence-electron chi connectivity index (χ2n) is 17.4. The molecule has 0 atom stereocenters. The average Bonchev–Trinajstić information content (AvgIpc) is 3.91. The van der Waals surface area contributed by atoms with Gasteiger partial charge in [-0.25, -0.2) is 9.97 Å². The topological polar surface area (TPSA) is 51.4 Å². The Kier molecular flexibility index (Phi) is 8.33. The molecule has 0 aliphatic carbocycles. The van der Waals surface area contributed by atoms with Gasteiger partial charge in [-0.3, -0.25) is 4.57 Å². The van der Waals surface area contributed by atoms with E-state index in [2.05, 4.69) is 200 Å². The standard InChI is InChI=1S/C54H46N6O/c1-34-27-35(2)52(36(3)28-34)58-33-57(46-21-14-25-56-53(46)58)48-31-40(32-49-51(48)43-18-11-13-20-45(43)59(49)38-15-8-7-9-16-38)61-39-22-23-42-41-17-10-12-19-44(41)60(47(42)30-39)50-29-37(24-26-55-50)54(4,5)6/h7-32H,33H2,1-6H3.